The Labute approximate surface area is 110 Å². The third-order valence-corrected chi connectivity index (χ3v) is 3.98. The van der Waals surface area contributed by atoms with Crippen molar-refractivity contribution in [1.82, 2.24) is 0 Å². The Kier molecular flexibility index (Phi) is 8.10. The minimum atomic E-state index is 0.162. The number of hydrogen-bond donors (Lipinski definition) is 0. The lowest BCUT2D eigenvalue weighted by Gasteiger charge is -2.18. The molecule has 2 atom stereocenters. The quantitative estimate of drug-likeness (QED) is 0.368. The molecule has 1 aliphatic rings. The van der Waals surface area contributed by atoms with Crippen LogP contribution in [0.15, 0.2) is 4.99 Å². The molecule has 0 aromatic rings. The van der Waals surface area contributed by atoms with E-state index in [9.17, 15) is 0 Å². The molecule has 2 unspecified atom stereocenters. The van der Waals surface area contributed by atoms with E-state index in [2.05, 4.69) is 10.2 Å². The maximum absolute atomic E-state index is 6.38. The minimum absolute atomic E-state index is 0.162. The van der Waals surface area contributed by atoms with Crippen LogP contribution in [-0.2, 0) is 0 Å². The molecule has 1 nitrogen and oxygen atoms in total. The van der Waals surface area contributed by atoms with Crippen LogP contribution in [-0.4, -0.2) is 16.6 Å². The van der Waals surface area contributed by atoms with Gasteiger partial charge in [-0.05, 0) is 25.1 Å². The van der Waals surface area contributed by atoms with Crippen molar-refractivity contribution < 1.29 is 0 Å². The highest BCUT2D eigenvalue weighted by Crippen LogP contribution is 2.22. The summed E-state index contributed by atoms with van der Waals surface area (Å²) in [7, 11) is 0. The van der Waals surface area contributed by atoms with Gasteiger partial charge < -0.3 is 0 Å². The Balaban J connectivity index is 2.42. The van der Waals surface area contributed by atoms with Crippen LogP contribution in [0, 0.1) is 0 Å². The van der Waals surface area contributed by atoms with Crippen LogP contribution in [0.3, 0.4) is 0 Å². The number of aliphatic imine (C=N–C) groups is 1. The molecule has 0 bridgehead atoms. The van der Waals surface area contributed by atoms with Gasteiger partial charge in [-0.25, -0.2) is 4.99 Å². The highest BCUT2D eigenvalue weighted by molar-refractivity contribution is 7.78. The predicted molar refractivity (Wildman–Crippen MR) is 74.6 cm³/mol. The number of thiocarbonyl (C=S) groups is 1. The van der Waals surface area contributed by atoms with Gasteiger partial charge in [-0.15, -0.1) is 11.6 Å². The van der Waals surface area contributed by atoms with Crippen LogP contribution in [0.25, 0.3) is 0 Å². The Hall–Kier alpha value is 0.0900. The highest BCUT2D eigenvalue weighted by Gasteiger charge is 2.17. The van der Waals surface area contributed by atoms with Crippen LogP contribution >= 0.6 is 23.8 Å². The van der Waals surface area contributed by atoms with E-state index in [1.807, 2.05) is 0 Å². The van der Waals surface area contributed by atoms with E-state index in [0.29, 0.717) is 0 Å². The second kappa shape index (κ2) is 9.15. The van der Waals surface area contributed by atoms with E-state index in [1.165, 1.54) is 51.4 Å². The molecule has 16 heavy (non-hydrogen) atoms. The normalized spacial score (nSPS) is 29.6. The molecule has 0 aromatic carbocycles. The maximum Gasteiger partial charge on any atom is 0.0766 e. The molecule has 0 saturated heterocycles. The Morgan fingerprint density at radius 2 is 1.38 bits per heavy atom. The topological polar surface area (TPSA) is 12.4 Å². The molecule has 0 spiro atoms. The molecule has 3 heteroatoms. The van der Waals surface area contributed by atoms with E-state index in [1.54, 1.807) is 0 Å². The first kappa shape index (κ1) is 14.2. The zero-order valence-corrected chi connectivity index (χ0v) is 11.5. The summed E-state index contributed by atoms with van der Waals surface area (Å²) in [5.41, 5.74) is 0. The summed E-state index contributed by atoms with van der Waals surface area (Å²) in [6.07, 6.45) is 12.8. The monoisotopic (exact) mass is 259 g/mol. The molecule has 0 heterocycles. The maximum atomic E-state index is 6.38. The largest absolute Gasteiger partial charge is 0.228 e. The van der Waals surface area contributed by atoms with Crippen molar-refractivity contribution >= 4 is 29.0 Å². The predicted octanol–water partition coefficient (Wildman–Crippen LogP) is 4.98. The van der Waals surface area contributed by atoms with Crippen LogP contribution in [0.4, 0.5) is 0 Å². The van der Waals surface area contributed by atoms with Crippen molar-refractivity contribution in [2.75, 3.05) is 0 Å². The van der Waals surface area contributed by atoms with Gasteiger partial charge in [-0.2, -0.15) is 0 Å². The van der Waals surface area contributed by atoms with Gasteiger partial charge in [0.05, 0.1) is 16.6 Å². The highest BCUT2D eigenvalue weighted by atomic mass is 35.5. The van der Waals surface area contributed by atoms with Gasteiger partial charge in [0, 0.05) is 0 Å². The second-order valence-electron chi connectivity index (χ2n) is 4.71. The number of nitrogens with zero attached hydrogens (tertiary/aromatic N) is 1. The van der Waals surface area contributed by atoms with E-state index < -0.39 is 0 Å². The third-order valence-electron chi connectivity index (χ3n) is 3.37. The fourth-order valence-electron chi connectivity index (χ4n) is 2.34. The lowest BCUT2D eigenvalue weighted by Crippen LogP contribution is -2.19. The lowest BCUT2D eigenvalue weighted by atomic mass is 9.98. The first-order valence-electron chi connectivity index (χ1n) is 6.55. The Bertz CT molecular complexity index is 226. The van der Waals surface area contributed by atoms with Gasteiger partial charge >= 0.3 is 0 Å². The van der Waals surface area contributed by atoms with E-state index in [0.717, 1.165) is 12.8 Å². The van der Waals surface area contributed by atoms with Gasteiger partial charge in [0.25, 0.3) is 0 Å². The molecule has 0 aromatic heterocycles. The molecular formula is C13H22ClNS. The van der Waals surface area contributed by atoms with Gasteiger partial charge in [0.15, 0.2) is 0 Å². The molecule has 0 amide bonds. The van der Waals surface area contributed by atoms with Gasteiger partial charge in [0.2, 0.25) is 0 Å². The summed E-state index contributed by atoms with van der Waals surface area (Å²) >= 11 is 11.1. The van der Waals surface area contributed by atoms with Gasteiger partial charge in [-0.1, -0.05) is 51.4 Å². The number of alkyl halides is 1. The van der Waals surface area contributed by atoms with E-state index in [4.69, 9.17) is 23.8 Å². The van der Waals surface area contributed by atoms with Crippen molar-refractivity contribution in [3.8, 4) is 0 Å². The van der Waals surface area contributed by atoms with Crippen LogP contribution in [0.1, 0.15) is 64.2 Å². The van der Waals surface area contributed by atoms with Gasteiger partial charge in [-0.3, -0.25) is 0 Å². The molecule has 0 radical (unpaired) electrons. The Morgan fingerprint density at radius 1 is 0.875 bits per heavy atom. The second-order valence-corrected chi connectivity index (χ2v) is 5.45. The van der Waals surface area contributed by atoms with Crippen molar-refractivity contribution in [3.05, 3.63) is 0 Å². The van der Waals surface area contributed by atoms with Crippen LogP contribution in [0.5, 0.6) is 0 Å². The van der Waals surface area contributed by atoms with E-state index >= 15 is 0 Å². The SMILES string of the molecule is S=C=NC1CCCCCCCCCCC1Cl. The number of hydrogen-bond acceptors (Lipinski definition) is 2. The van der Waals surface area contributed by atoms with Gasteiger partial charge in [0.1, 0.15) is 0 Å². The lowest BCUT2D eigenvalue weighted by molar-refractivity contribution is 0.472. The standard InChI is InChI=1S/C13H22ClNS/c14-12-9-7-5-3-1-2-4-6-8-10-13(12)15-11-16/h12-13H,1-10H2. The molecule has 1 rings (SSSR count). The molecule has 92 valence electrons. The fraction of sp³-hybridized carbons (Fsp3) is 0.923. The van der Waals surface area contributed by atoms with Crippen LogP contribution < -0.4 is 0 Å². The van der Waals surface area contributed by atoms with Crippen LogP contribution in [0.2, 0.25) is 0 Å². The molecule has 1 fully saturated rings. The average molecular weight is 260 g/mol. The fourth-order valence-corrected chi connectivity index (χ4v) is 2.81. The van der Waals surface area contributed by atoms with Crippen molar-refractivity contribution in [1.29, 1.82) is 0 Å². The summed E-state index contributed by atoms with van der Waals surface area (Å²) < 4.78 is 0. The molecule has 0 N–H and O–H groups in total. The summed E-state index contributed by atoms with van der Waals surface area (Å²) in [5.74, 6) is 0. The smallest absolute Gasteiger partial charge is 0.0766 e. The third kappa shape index (κ3) is 5.98. The molecule has 0 aliphatic heterocycles. The number of rotatable bonds is 1. The van der Waals surface area contributed by atoms with Crippen molar-refractivity contribution in [2.45, 2.75) is 75.6 Å². The summed E-state index contributed by atoms with van der Waals surface area (Å²) in [5, 5.41) is 2.67. The molecular weight excluding hydrogens is 238 g/mol. The number of halogens is 1. The van der Waals surface area contributed by atoms with Crippen molar-refractivity contribution in [3.63, 3.8) is 0 Å². The molecule has 1 aliphatic carbocycles. The Morgan fingerprint density at radius 3 is 1.94 bits per heavy atom. The average Bonchev–Trinajstić information content (AvgIpc) is 2.28. The summed E-state index contributed by atoms with van der Waals surface area (Å²) in [4.78, 5) is 4.23. The minimum Gasteiger partial charge on any atom is -0.228 e. The zero-order valence-electron chi connectivity index (χ0n) is 9.96. The summed E-state index contributed by atoms with van der Waals surface area (Å²) in [6, 6.07) is 0.207. The van der Waals surface area contributed by atoms with Crippen molar-refractivity contribution in [2.24, 2.45) is 4.99 Å². The number of isothiocyanates is 1. The first-order valence-corrected chi connectivity index (χ1v) is 7.40. The zero-order chi connectivity index (χ0) is 11.6. The first-order chi connectivity index (χ1) is 7.84. The summed E-state index contributed by atoms with van der Waals surface area (Å²) in [6.45, 7) is 0. The van der Waals surface area contributed by atoms with E-state index in [-0.39, 0.29) is 11.4 Å². The molecule has 1 saturated carbocycles.